The maximum Gasteiger partial charge on any atom is 0.318 e. The summed E-state index contributed by atoms with van der Waals surface area (Å²) >= 11 is 2.75. The average molecular weight is 590 g/mol. The number of fused-ring (bicyclic) bond motifs is 1. The number of thiophene rings is 1. The highest BCUT2D eigenvalue weighted by molar-refractivity contribution is 7.20. The number of nitrogens with two attached hydrogens (primary N) is 1. The number of hydrogen-bond acceptors (Lipinski definition) is 8. The average Bonchev–Trinajstić information content (AvgIpc) is 3.76. The molecule has 4 N–H and O–H groups in total. The molecule has 1 saturated heterocycles. The van der Waals surface area contributed by atoms with Crippen LogP contribution in [0.25, 0.3) is 10.2 Å². The zero-order valence-corrected chi connectivity index (χ0v) is 24.2. The Morgan fingerprint density at radius 1 is 1.05 bits per heavy atom. The number of para-hydroxylation sites is 1. The number of rotatable bonds is 10. The van der Waals surface area contributed by atoms with E-state index in [1.54, 1.807) is 19.1 Å². The Morgan fingerprint density at radius 2 is 1.83 bits per heavy atom. The molecule has 0 bridgehead atoms. The van der Waals surface area contributed by atoms with Gasteiger partial charge in [0.1, 0.15) is 6.04 Å². The minimum Gasteiger partial charge on any atom is -0.346 e. The Balaban J connectivity index is 1.32. The smallest absolute Gasteiger partial charge is 0.318 e. The Hall–Kier alpha value is -3.93. The monoisotopic (exact) mass is 589 g/mol. The SMILES string of the molecule is CC(NC(=O)Cc1cccs1)C(=O)C1CCCN1C(=O)NC(C(=O)c1nc2ccccc2s1)c1ccc(CN)cc1. The minimum absolute atomic E-state index is 0.197. The number of carbonyl (C=O) groups is 4. The Labute approximate surface area is 245 Å². The van der Waals surface area contributed by atoms with Crippen molar-refractivity contribution in [3.05, 3.63) is 87.1 Å². The second kappa shape index (κ2) is 12.7. The van der Waals surface area contributed by atoms with E-state index in [9.17, 15) is 19.2 Å². The van der Waals surface area contributed by atoms with Crippen molar-refractivity contribution in [1.29, 1.82) is 0 Å². The van der Waals surface area contributed by atoms with Crippen LogP contribution in [0.1, 0.15) is 51.6 Å². The number of nitrogens with zero attached hydrogens (tertiary/aromatic N) is 2. The summed E-state index contributed by atoms with van der Waals surface area (Å²) in [5.41, 5.74) is 7.96. The highest BCUT2D eigenvalue weighted by Crippen LogP contribution is 2.28. The van der Waals surface area contributed by atoms with Crippen molar-refractivity contribution in [1.82, 2.24) is 20.5 Å². The van der Waals surface area contributed by atoms with Crippen molar-refractivity contribution in [3.8, 4) is 0 Å². The van der Waals surface area contributed by atoms with Gasteiger partial charge in [-0.05, 0) is 54.5 Å². The number of amides is 3. The van der Waals surface area contributed by atoms with Crippen LogP contribution in [0.5, 0.6) is 0 Å². The Morgan fingerprint density at radius 3 is 2.54 bits per heavy atom. The van der Waals surface area contributed by atoms with Crippen molar-refractivity contribution in [3.63, 3.8) is 0 Å². The fourth-order valence-corrected chi connectivity index (χ4v) is 6.62. The summed E-state index contributed by atoms with van der Waals surface area (Å²) in [6, 6.07) is 15.4. The highest BCUT2D eigenvalue weighted by atomic mass is 32.1. The maximum atomic E-state index is 13.8. The van der Waals surface area contributed by atoms with Gasteiger partial charge in [0.2, 0.25) is 11.7 Å². The molecule has 3 unspecified atom stereocenters. The summed E-state index contributed by atoms with van der Waals surface area (Å²) in [6.07, 6.45) is 1.32. The summed E-state index contributed by atoms with van der Waals surface area (Å²) in [5, 5.41) is 7.84. The molecule has 0 saturated carbocycles. The van der Waals surface area contributed by atoms with Gasteiger partial charge in [0.25, 0.3) is 0 Å². The molecule has 9 nitrogen and oxygen atoms in total. The molecule has 11 heteroatoms. The molecular formula is C30H31N5O4S2. The number of Topliss-reactive ketones (excluding diaryl/α,β-unsaturated/α-hetero) is 2. The number of hydrogen-bond donors (Lipinski definition) is 3. The van der Waals surface area contributed by atoms with E-state index in [-0.39, 0.29) is 28.9 Å². The van der Waals surface area contributed by atoms with Gasteiger partial charge in [-0.15, -0.1) is 22.7 Å². The van der Waals surface area contributed by atoms with Crippen LogP contribution < -0.4 is 16.4 Å². The van der Waals surface area contributed by atoms with Crippen molar-refractivity contribution < 1.29 is 19.2 Å². The second-order valence-corrected chi connectivity index (χ2v) is 12.0. The van der Waals surface area contributed by atoms with E-state index in [0.717, 1.165) is 15.1 Å². The van der Waals surface area contributed by atoms with Gasteiger partial charge in [0, 0.05) is 18.0 Å². The molecule has 2 aromatic carbocycles. The van der Waals surface area contributed by atoms with Gasteiger partial charge in [-0.3, -0.25) is 14.4 Å². The first kappa shape index (κ1) is 28.6. The van der Waals surface area contributed by atoms with Crippen molar-refractivity contribution in [2.24, 2.45) is 5.73 Å². The van der Waals surface area contributed by atoms with E-state index in [4.69, 9.17) is 5.73 Å². The second-order valence-electron chi connectivity index (χ2n) is 9.98. The molecule has 3 amide bonds. The first-order chi connectivity index (χ1) is 19.8. The maximum absolute atomic E-state index is 13.8. The van der Waals surface area contributed by atoms with E-state index < -0.39 is 24.2 Å². The lowest BCUT2D eigenvalue weighted by Gasteiger charge is -2.28. The molecule has 3 atom stereocenters. The number of nitrogens with one attached hydrogen (secondary N) is 2. The lowest BCUT2D eigenvalue weighted by Crippen LogP contribution is -2.52. The van der Waals surface area contributed by atoms with Crippen LogP contribution in [-0.4, -0.2) is 52.0 Å². The van der Waals surface area contributed by atoms with Gasteiger partial charge in [-0.1, -0.05) is 42.5 Å². The first-order valence-corrected chi connectivity index (χ1v) is 15.1. The zero-order chi connectivity index (χ0) is 28.9. The topological polar surface area (TPSA) is 134 Å². The number of ketones is 2. The number of benzene rings is 2. The van der Waals surface area contributed by atoms with Gasteiger partial charge in [0.15, 0.2) is 10.8 Å². The molecule has 0 spiro atoms. The number of urea groups is 1. The third kappa shape index (κ3) is 6.53. The fourth-order valence-electron chi connectivity index (χ4n) is 4.98. The summed E-state index contributed by atoms with van der Waals surface area (Å²) < 4.78 is 0.875. The number of carbonyl (C=O) groups excluding carboxylic acids is 4. The van der Waals surface area contributed by atoms with Crippen molar-refractivity contribution in [2.75, 3.05) is 6.54 Å². The number of thiazole rings is 1. The molecule has 41 heavy (non-hydrogen) atoms. The quantitative estimate of drug-likeness (QED) is 0.237. The predicted molar refractivity (Wildman–Crippen MR) is 160 cm³/mol. The van der Waals surface area contributed by atoms with Crippen molar-refractivity contribution in [2.45, 2.75) is 50.9 Å². The van der Waals surface area contributed by atoms with E-state index in [2.05, 4.69) is 15.6 Å². The largest absolute Gasteiger partial charge is 0.346 e. The first-order valence-electron chi connectivity index (χ1n) is 13.5. The molecule has 4 aromatic rings. The zero-order valence-electron chi connectivity index (χ0n) is 22.5. The molecule has 1 fully saturated rings. The van der Waals surface area contributed by atoms with E-state index in [0.29, 0.717) is 37.0 Å². The molecular weight excluding hydrogens is 558 g/mol. The lowest BCUT2D eigenvalue weighted by atomic mass is 10.0. The van der Waals surface area contributed by atoms with E-state index in [1.165, 1.54) is 27.6 Å². The van der Waals surface area contributed by atoms with Crippen LogP contribution >= 0.6 is 22.7 Å². The third-order valence-corrected chi connectivity index (χ3v) is 9.07. The summed E-state index contributed by atoms with van der Waals surface area (Å²) in [6.45, 7) is 2.36. The molecule has 212 valence electrons. The number of likely N-dealkylation sites (tertiary alicyclic amines) is 1. The molecule has 5 rings (SSSR count). The summed E-state index contributed by atoms with van der Waals surface area (Å²) in [5.74, 6) is -0.820. The van der Waals surface area contributed by atoms with Gasteiger partial charge >= 0.3 is 6.03 Å². The highest BCUT2D eigenvalue weighted by Gasteiger charge is 2.38. The molecule has 0 radical (unpaired) electrons. The minimum atomic E-state index is -1.01. The Bertz CT molecular complexity index is 1520. The van der Waals surface area contributed by atoms with Crippen molar-refractivity contribution >= 4 is 56.4 Å². The third-order valence-electron chi connectivity index (χ3n) is 7.14. The molecule has 3 heterocycles. The Kier molecular flexibility index (Phi) is 8.87. The number of aromatic nitrogens is 1. The van der Waals surface area contributed by atoms with Gasteiger partial charge in [-0.25, -0.2) is 9.78 Å². The van der Waals surface area contributed by atoms with Crippen LogP contribution in [-0.2, 0) is 22.6 Å². The normalized spacial score (nSPS) is 16.3. The predicted octanol–water partition coefficient (Wildman–Crippen LogP) is 4.23. The van der Waals surface area contributed by atoms with Crippen LogP contribution in [0.15, 0.2) is 66.0 Å². The molecule has 1 aliphatic rings. The van der Waals surface area contributed by atoms with Crippen LogP contribution in [0.4, 0.5) is 4.79 Å². The van der Waals surface area contributed by atoms with Crippen LogP contribution in [0.2, 0.25) is 0 Å². The van der Waals surface area contributed by atoms with Crippen LogP contribution in [0.3, 0.4) is 0 Å². The molecule has 2 aromatic heterocycles. The lowest BCUT2D eigenvalue weighted by molar-refractivity contribution is -0.129. The van der Waals surface area contributed by atoms with E-state index in [1.807, 2.05) is 53.9 Å². The van der Waals surface area contributed by atoms with Gasteiger partial charge in [-0.2, -0.15) is 0 Å². The van der Waals surface area contributed by atoms with E-state index >= 15 is 0 Å². The fraction of sp³-hybridized carbons (Fsp3) is 0.300. The van der Waals surface area contributed by atoms with Crippen LogP contribution in [0, 0.1) is 0 Å². The standard InChI is InChI=1S/C30H31N5O4S2/c1-18(32-25(36)16-21-6-5-15-40-21)27(37)23-8-4-14-35(23)30(39)34-26(20-12-10-19(17-31)11-13-20)28(38)29-33-22-7-2-3-9-24(22)41-29/h2-3,5-7,9-13,15,18,23,26H,4,8,14,16-17,31H2,1H3,(H,32,36)(H,34,39). The van der Waals surface area contributed by atoms with Gasteiger partial charge < -0.3 is 21.3 Å². The van der Waals surface area contributed by atoms with Gasteiger partial charge in [0.05, 0.1) is 28.7 Å². The summed E-state index contributed by atoms with van der Waals surface area (Å²) in [4.78, 5) is 60.1. The summed E-state index contributed by atoms with van der Waals surface area (Å²) in [7, 11) is 0. The molecule has 0 aliphatic carbocycles. The molecule has 1 aliphatic heterocycles.